The van der Waals surface area contributed by atoms with Gasteiger partial charge in [0.25, 0.3) is 0 Å². The van der Waals surface area contributed by atoms with E-state index in [2.05, 4.69) is 23.5 Å². The van der Waals surface area contributed by atoms with E-state index in [1.165, 1.54) is 0 Å². The van der Waals surface area contributed by atoms with Gasteiger partial charge in [0.05, 0.1) is 23.5 Å². The molecule has 0 atom stereocenters. The molecule has 3 rings (SSSR count). The van der Waals surface area contributed by atoms with Crippen LogP contribution in [-0.4, -0.2) is 12.6 Å². The van der Waals surface area contributed by atoms with Crippen LogP contribution in [-0.2, 0) is 4.74 Å². The Labute approximate surface area is 134 Å². The minimum atomic E-state index is -0.365. The molecule has 0 aromatic heterocycles. The second-order valence-electron chi connectivity index (χ2n) is 5.17. The van der Waals surface area contributed by atoms with Gasteiger partial charge in [-0.15, -0.1) is 0 Å². The van der Waals surface area contributed by atoms with Crippen LogP contribution in [0.15, 0.2) is 60.7 Å². The smallest absolute Gasteiger partial charge is 0.338 e. The zero-order valence-electron chi connectivity index (χ0n) is 12.9. The first-order valence-electron chi connectivity index (χ1n) is 7.50. The molecule has 0 unspecified atom stereocenters. The predicted molar refractivity (Wildman–Crippen MR) is 94.0 cm³/mol. The monoisotopic (exact) mass is 306 g/mol. The molecular weight excluding hydrogens is 288 g/mol. The molecule has 0 aliphatic rings. The van der Waals surface area contributed by atoms with Gasteiger partial charge in [0, 0.05) is 11.1 Å². The second kappa shape index (κ2) is 6.40. The Morgan fingerprint density at radius 1 is 1.04 bits per heavy atom. The molecule has 0 aliphatic heterocycles. The first kappa shape index (κ1) is 14.9. The molecule has 0 spiro atoms. The Hall–Kier alpha value is -3.01. The number of anilines is 3. The van der Waals surface area contributed by atoms with Crippen molar-refractivity contribution in [1.29, 1.82) is 0 Å². The highest BCUT2D eigenvalue weighted by Gasteiger charge is 2.09. The number of nitrogen functional groups attached to an aromatic ring is 1. The summed E-state index contributed by atoms with van der Waals surface area (Å²) in [7, 11) is 0. The molecule has 3 aromatic rings. The lowest BCUT2D eigenvalue weighted by Gasteiger charge is -2.13. The highest BCUT2D eigenvalue weighted by molar-refractivity contribution is 5.97. The van der Waals surface area contributed by atoms with Crippen molar-refractivity contribution in [3.8, 4) is 0 Å². The summed E-state index contributed by atoms with van der Waals surface area (Å²) in [4.78, 5) is 11.7. The molecule has 23 heavy (non-hydrogen) atoms. The van der Waals surface area contributed by atoms with Crippen molar-refractivity contribution in [3.05, 3.63) is 66.2 Å². The number of rotatable bonds is 4. The van der Waals surface area contributed by atoms with E-state index in [0.717, 1.165) is 22.1 Å². The van der Waals surface area contributed by atoms with E-state index < -0.39 is 0 Å². The number of benzene rings is 3. The summed E-state index contributed by atoms with van der Waals surface area (Å²) in [6.45, 7) is 2.12. The second-order valence-corrected chi connectivity index (χ2v) is 5.17. The van der Waals surface area contributed by atoms with Gasteiger partial charge in [-0.2, -0.15) is 0 Å². The lowest BCUT2D eigenvalue weighted by Crippen LogP contribution is -2.06. The Kier molecular flexibility index (Phi) is 4.15. The Bertz CT molecular complexity index is 854. The summed E-state index contributed by atoms with van der Waals surface area (Å²) < 4.78 is 4.98. The number of carbonyl (C=O) groups is 1. The average Bonchev–Trinajstić information content (AvgIpc) is 2.57. The van der Waals surface area contributed by atoms with Gasteiger partial charge in [-0.3, -0.25) is 0 Å². The van der Waals surface area contributed by atoms with Crippen LogP contribution in [0.2, 0.25) is 0 Å². The quantitative estimate of drug-likeness (QED) is 0.556. The number of carbonyl (C=O) groups excluding carboxylic acids is 1. The average molecular weight is 306 g/mol. The number of nitrogens with one attached hydrogen (secondary N) is 1. The molecule has 0 radical (unpaired) electrons. The van der Waals surface area contributed by atoms with Gasteiger partial charge in [-0.25, -0.2) is 4.79 Å². The summed E-state index contributed by atoms with van der Waals surface area (Å²) in [5, 5.41) is 5.60. The van der Waals surface area contributed by atoms with Crippen LogP contribution < -0.4 is 11.1 Å². The van der Waals surface area contributed by atoms with E-state index in [4.69, 9.17) is 10.5 Å². The lowest BCUT2D eigenvalue weighted by atomic mass is 10.1. The maximum absolute atomic E-state index is 11.7. The van der Waals surface area contributed by atoms with E-state index in [1.54, 1.807) is 25.1 Å². The maximum atomic E-state index is 11.7. The standard InChI is InChI=1S/C19H18N2O2/c1-2-23-19(22)14-10-11-18(16(20)12-14)21-17-9-5-7-13-6-3-4-8-15(13)17/h3-12,21H,2,20H2,1H3. The largest absolute Gasteiger partial charge is 0.462 e. The van der Waals surface area contributed by atoms with Crippen LogP contribution in [0.1, 0.15) is 17.3 Å². The summed E-state index contributed by atoms with van der Waals surface area (Å²) in [6, 6.07) is 19.3. The van der Waals surface area contributed by atoms with Crippen LogP contribution in [0.25, 0.3) is 10.8 Å². The maximum Gasteiger partial charge on any atom is 0.338 e. The summed E-state index contributed by atoms with van der Waals surface area (Å²) in [5.74, 6) is -0.365. The van der Waals surface area contributed by atoms with Crippen molar-refractivity contribution in [3.63, 3.8) is 0 Å². The zero-order valence-corrected chi connectivity index (χ0v) is 12.9. The normalized spacial score (nSPS) is 10.5. The first-order chi connectivity index (χ1) is 11.2. The fourth-order valence-electron chi connectivity index (χ4n) is 2.50. The van der Waals surface area contributed by atoms with Crippen molar-refractivity contribution in [2.45, 2.75) is 6.92 Å². The lowest BCUT2D eigenvalue weighted by molar-refractivity contribution is 0.0526. The number of esters is 1. The molecule has 4 heteroatoms. The number of nitrogens with two attached hydrogens (primary N) is 1. The fraction of sp³-hybridized carbons (Fsp3) is 0.105. The minimum absolute atomic E-state index is 0.342. The zero-order chi connectivity index (χ0) is 16.2. The molecule has 0 heterocycles. The van der Waals surface area contributed by atoms with Gasteiger partial charge < -0.3 is 15.8 Å². The summed E-state index contributed by atoms with van der Waals surface area (Å²) >= 11 is 0. The topological polar surface area (TPSA) is 64.3 Å². The van der Waals surface area contributed by atoms with E-state index in [1.807, 2.05) is 24.3 Å². The molecule has 3 N–H and O–H groups in total. The van der Waals surface area contributed by atoms with Crippen LogP contribution in [0.4, 0.5) is 17.1 Å². The SMILES string of the molecule is CCOC(=O)c1ccc(Nc2cccc3ccccc23)c(N)c1. The number of hydrogen-bond acceptors (Lipinski definition) is 4. The highest BCUT2D eigenvalue weighted by Crippen LogP contribution is 2.29. The van der Waals surface area contributed by atoms with Crippen LogP contribution in [0.5, 0.6) is 0 Å². The Balaban J connectivity index is 1.92. The molecule has 116 valence electrons. The van der Waals surface area contributed by atoms with Gasteiger partial charge in [-0.1, -0.05) is 36.4 Å². The number of hydrogen-bond donors (Lipinski definition) is 2. The van der Waals surface area contributed by atoms with Gasteiger partial charge >= 0.3 is 5.97 Å². The summed E-state index contributed by atoms with van der Waals surface area (Å²) in [5.41, 5.74) is 8.76. The van der Waals surface area contributed by atoms with Crippen LogP contribution in [0.3, 0.4) is 0 Å². The summed E-state index contributed by atoms with van der Waals surface area (Å²) in [6.07, 6.45) is 0. The molecular formula is C19H18N2O2. The molecule has 0 amide bonds. The van der Waals surface area contributed by atoms with E-state index in [9.17, 15) is 4.79 Å². The molecule has 0 fully saturated rings. The highest BCUT2D eigenvalue weighted by atomic mass is 16.5. The molecule has 0 saturated heterocycles. The fourth-order valence-corrected chi connectivity index (χ4v) is 2.50. The van der Waals surface area contributed by atoms with Crippen molar-refractivity contribution in [2.24, 2.45) is 0 Å². The van der Waals surface area contributed by atoms with E-state index >= 15 is 0 Å². The van der Waals surface area contributed by atoms with Gasteiger partial charge in [0.1, 0.15) is 0 Å². The molecule has 4 nitrogen and oxygen atoms in total. The van der Waals surface area contributed by atoms with Crippen LogP contribution >= 0.6 is 0 Å². The number of ether oxygens (including phenoxy) is 1. The van der Waals surface area contributed by atoms with Gasteiger partial charge in [0.2, 0.25) is 0 Å². The third kappa shape index (κ3) is 3.11. The molecule has 3 aromatic carbocycles. The molecule has 0 bridgehead atoms. The third-order valence-corrected chi connectivity index (χ3v) is 3.62. The van der Waals surface area contributed by atoms with Crippen molar-refractivity contribution in [2.75, 3.05) is 17.7 Å². The van der Waals surface area contributed by atoms with Crippen molar-refractivity contribution in [1.82, 2.24) is 0 Å². The van der Waals surface area contributed by atoms with E-state index in [0.29, 0.717) is 17.9 Å². The van der Waals surface area contributed by atoms with Gasteiger partial charge in [0.15, 0.2) is 0 Å². The predicted octanol–water partition coefficient (Wildman–Crippen LogP) is 4.34. The van der Waals surface area contributed by atoms with Gasteiger partial charge in [-0.05, 0) is 36.6 Å². The van der Waals surface area contributed by atoms with Crippen LogP contribution in [0, 0.1) is 0 Å². The third-order valence-electron chi connectivity index (χ3n) is 3.62. The first-order valence-corrected chi connectivity index (χ1v) is 7.50. The minimum Gasteiger partial charge on any atom is -0.462 e. The molecule has 0 saturated carbocycles. The van der Waals surface area contributed by atoms with E-state index in [-0.39, 0.29) is 5.97 Å². The van der Waals surface area contributed by atoms with Crippen molar-refractivity contribution >= 4 is 33.8 Å². The molecule has 0 aliphatic carbocycles. The number of fused-ring (bicyclic) bond motifs is 1. The Morgan fingerprint density at radius 2 is 1.83 bits per heavy atom. The van der Waals surface area contributed by atoms with Crippen molar-refractivity contribution < 1.29 is 9.53 Å². The Morgan fingerprint density at radius 3 is 2.61 bits per heavy atom.